The van der Waals surface area contributed by atoms with Gasteiger partial charge in [-0.1, -0.05) is 18.2 Å². The van der Waals surface area contributed by atoms with Gasteiger partial charge in [-0.2, -0.15) is 0 Å². The smallest absolute Gasteiger partial charge is 0.122 e. The zero-order valence-electron chi connectivity index (χ0n) is 7.00. The molecule has 59 valence electrons. The Kier molecular flexibility index (Phi) is 2.53. The molecule has 1 radical (unpaired) electrons. The fraction of sp³-hybridized carbons (Fsp3) is 0.300. The van der Waals surface area contributed by atoms with Crippen LogP contribution in [0.15, 0.2) is 24.3 Å². The molecule has 1 heteroatoms. The summed E-state index contributed by atoms with van der Waals surface area (Å²) in [4.78, 5) is 0. The summed E-state index contributed by atoms with van der Waals surface area (Å²) in [6.45, 7) is 7.70. The van der Waals surface area contributed by atoms with Crippen molar-refractivity contribution in [2.45, 2.75) is 20.0 Å². The molecule has 1 nitrogen and oxygen atoms in total. The molecule has 0 aromatic heterocycles. The average Bonchev–Trinajstić information content (AvgIpc) is 1.93. The minimum Gasteiger partial charge on any atom is -0.490 e. The van der Waals surface area contributed by atoms with E-state index in [-0.39, 0.29) is 6.10 Å². The van der Waals surface area contributed by atoms with E-state index in [1.165, 1.54) is 0 Å². The van der Waals surface area contributed by atoms with E-state index in [4.69, 9.17) is 4.74 Å². The van der Waals surface area contributed by atoms with E-state index < -0.39 is 0 Å². The average molecular weight is 149 g/mol. The molecular weight excluding hydrogens is 136 g/mol. The number of para-hydroxylation sites is 1. The van der Waals surface area contributed by atoms with Crippen molar-refractivity contribution in [2.75, 3.05) is 0 Å². The van der Waals surface area contributed by atoms with E-state index in [1.54, 1.807) is 0 Å². The number of ether oxygens (including phenoxy) is 1. The third-order valence-electron chi connectivity index (χ3n) is 1.42. The van der Waals surface area contributed by atoms with Crippen LogP contribution >= 0.6 is 0 Å². The first-order valence-corrected chi connectivity index (χ1v) is 3.75. The van der Waals surface area contributed by atoms with E-state index >= 15 is 0 Å². The second kappa shape index (κ2) is 3.42. The summed E-state index contributed by atoms with van der Waals surface area (Å²) < 4.78 is 5.43. The number of benzene rings is 1. The third-order valence-corrected chi connectivity index (χ3v) is 1.42. The van der Waals surface area contributed by atoms with Gasteiger partial charge in [-0.3, -0.25) is 0 Å². The summed E-state index contributed by atoms with van der Waals surface area (Å²) in [7, 11) is 0. The van der Waals surface area contributed by atoms with Gasteiger partial charge in [0.2, 0.25) is 0 Å². The molecule has 0 fully saturated rings. The van der Waals surface area contributed by atoms with E-state index in [2.05, 4.69) is 6.92 Å². The molecule has 0 aliphatic rings. The lowest BCUT2D eigenvalue weighted by molar-refractivity contribution is 0.265. The summed E-state index contributed by atoms with van der Waals surface area (Å²) in [6, 6.07) is 7.94. The van der Waals surface area contributed by atoms with Crippen molar-refractivity contribution < 1.29 is 4.74 Å². The normalized spacial score (nSPS) is 10.2. The lowest BCUT2D eigenvalue weighted by Crippen LogP contribution is -2.06. The Bertz CT molecular complexity index is 228. The Labute approximate surface area is 68.0 Å². The fourth-order valence-corrected chi connectivity index (χ4v) is 0.905. The molecule has 0 heterocycles. The van der Waals surface area contributed by atoms with Crippen molar-refractivity contribution in [3.05, 3.63) is 36.8 Å². The van der Waals surface area contributed by atoms with Crippen molar-refractivity contribution in [3.63, 3.8) is 0 Å². The largest absolute Gasteiger partial charge is 0.490 e. The van der Waals surface area contributed by atoms with Crippen LogP contribution in [0.3, 0.4) is 0 Å². The van der Waals surface area contributed by atoms with Gasteiger partial charge in [-0.05, 0) is 32.4 Å². The topological polar surface area (TPSA) is 9.23 Å². The van der Waals surface area contributed by atoms with Gasteiger partial charge in [0.15, 0.2) is 0 Å². The lowest BCUT2D eigenvalue weighted by atomic mass is 10.2. The van der Waals surface area contributed by atoms with Crippen LogP contribution in [0.4, 0.5) is 0 Å². The van der Waals surface area contributed by atoms with E-state index in [9.17, 15) is 0 Å². The van der Waals surface area contributed by atoms with Gasteiger partial charge < -0.3 is 4.74 Å². The molecule has 1 aromatic carbocycles. The van der Waals surface area contributed by atoms with E-state index in [0.29, 0.717) is 0 Å². The Morgan fingerprint density at radius 1 is 1.36 bits per heavy atom. The number of hydrogen-bond donors (Lipinski definition) is 0. The minimum absolute atomic E-state index is 0.0103. The maximum atomic E-state index is 5.43. The minimum atomic E-state index is 0.0103. The van der Waals surface area contributed by atoms with Gasteiger partial charge in [0.25, 0.3) is 0 Å². The summed E-state index contributed by atoms with van der Waals surface area (Å²) in [5.74, 6) is 0.926. The standard InChI is InChI=1S/C10H13O/c1-8(2)11-10-7-5-4-6-9(10)3/h4-8H,1H2,2-3H3. The SMILES string of the molecule is [CH2]C(C)Oc1ccccc1C. The van der Waals surface area contributed by atoms with Gasteiger partial charge in [-0.15, -0.1) is 0 Å². The number of aryl methyl sites for hydroxylation is 1. The molecule has 1 unspecified atom stereocenters. The van der Waals surface area contributed by atoms with E-state index in [0.717, 1.165) is 11.3 Å². The summed E-state index contributed by atoms with van der Waals surface area (Å²) in [6.07, 6.45) is 0.0103. The van der Waals surface area contributed by atoms with Gasteiger partial charge in [0.1, 0.15) is 5.75 Å². The van der Waals surface area contributed by atoms with Crippen molar-refractivity contribution in [1.29, 1.82) is 0 Å². The zero-order valence-corrected chi connectivity index (χ0v) is 7.00. The monoisotopic (exact) mass is 149 g/mol. The summed E-state index contributed by atoms with van der Waals surface area (Å²) in [5.41, 5.74) is 1.16. The Balaban J connectivity index is 2.78. The van der Waals surface area contributed by atoms with Crippen LogP contribution in [0, 0.1) is 13.8 Å². The maximum Gasteiger partial charge on any atom is 0.122 e. The van der Waals surface area contributed by atoms with Crippen molar-refractivity contribution in [2.24, 2.45) is 0 Å². The molecular formula is C10H13O. The van der Waals surface area contributed by atoms with Crippen LogP contribution in [0.25, 0.3) is 0 Å². The van der Waals surface area contributed by atoms with Gasteiger partial charge >= 0.3 is 0 Å². The Morgan fingerprint density at radius 2 is 2.00 bits per heavy atom. The molecule has 0 aliphatic carbocycles. The lowest BCUT2D eigenvalue weighted by Gasteiger charge is -2.11. The van der Waals surface area contributed by atoms with E-state index in [1.807, 2.05) is 38.1 Å². The Hall–Kier alpha value is -0.980. The van der Waals surface area contributed by atoms with Crippen LogP contribution in [0.1, 0.15) is 12.5 Å². The fourth-order valence-electron chi connectivity index (χ4n) is 0.905. The van der Waals surface area contributed by atoms with Gasteiger partial charge in [0.05, 0.1) is 6.10 Å². The van der Waals surface area contributed by atoms with Crippen molar-refractivity contribution in [3.8, 4) is 5.75 Å². The van der Waals surface area contributed by atoms with Crippen LogP contribution in [0.2, 0.25) is 0 Å². The maximum absolute atomic E-state index is 5.43. The molecule has 1 aromatic rings. The molecule has 0 amide bonds. The molecule has 0 spiro atoms. The molecule has 1 atom stereocenters. The molecule has 0 saturated heterocycles. The molecule has 0 aliphatic heterocycles. The second-order valence-electron chi connectivity index (χ2n) is 2.69. The van der Waals surface area contributed by atoms with Crippen LogP contribution in [-0.4, -0.2) is 6.10 Å². The Morgan fingerprint density at radius 3 is 2.55 bits per heavy atom. The zero-order chi connectivity index (χ0) is 8.27. The predicted molar refractivity (Wildman–Crippen MR) is 46.6 cm³/mol. The highest BCUT2D eigenvalue weighted by Crippen LogP contribution is 2.17. The van der Waals surface area contributed by atoms with Crippen LogP contribution in [0.5, 0.6) is 5.75 Å². The second-order valence-corrected chi connectivity index (χ2v) is 2.69. The third kappa shape index (κ3) is 2.26. The highest BCUT2D eigenvalue weighted by molar-refractivity contribution is 5.31. The molecule has 11 heavy (non-hydrogen) atoms. The molecule has 0 bridgehead atoms. The first kappa shape index (κ1) is 8.12. The molecule has 1 rings (SSSR count). The van der Waals surface area contributed by atoms with Crippen molar-refractivity contribution >= 4 is 0 Å². The summed E-state index contributed by atoms with van der Waals surface area (Å²) >= 11 is 0. The number of hydrogen-bond acceptors (Lipinski definition) is 1. The van der Waals surface area contributed by atoms with Crippen LogP contribution < -0.4 is 4.74 Å². The highest BCUT2D eigenvalue weighted by Gasteiger charge is 1.98. The van der Waals surface area contributed by atoms with Crippen molar-refractivity contribution in [1.82, 2.24) is 0 Å². The summed E-state index contributed by atoms with van der Waals surface area (Å²) in [5, 5.41) is 0. The van der Waals surface area contributed by atoms with Gasteiger partial charge in [0, 0.05) is 0 Å². The first-order valence-electron chi connectivity index (χ1n) is 3.75. The highest BCUT2D eigenvalue weighted by atomic mass is 16.5. The number of rotatable bonds is 2. The molecule has 0 saturated carbocycles. The van der Waals surface area contributed by atoms with Crippen LogP contribution in [-0.2, 0) is 0 Å². The van der Waals surface area contributed by atoms with Gasteiger partial charge in [-0.25, -0.2) is 0 Å². The quantitative estimate of drug-likeness (QED) is 0.628. The first-order chi connectivity index (χ1) is 5.20. The molecule has 0 N–H and O–H groups in total. The predicted octanol–water partition coefficient (Wildman–Crippen LogP) is 2.60.